The van der Waals surface area contributed by atoms with E-state index in [4.69, 9.17) is 5.11 Å². The standard InChI is InChI=1S/C12H10.C6H6O.K.H/c1-3-7-11(8-4-1)12-9-5-2-6-10-12;7-6-4-2-1-3-5-6;;/h1-10H;1-5,7H;;. The van der Waals surface area contributed by atoms with Crippen LogP contribution in [0.4, 0.5) is 0 Å². The van der Waals surface area contributed by atoms with E-state index in [9.17, 15) is 0 Å². The Bertz CT molecular complexity index is 542. The van der Waals surface area contributed by atoms with E-state index in [0.29, 0.717) is 5.75 Å². The molecule has 0 saturated heterocycles. The van der Waals surface area contributed by atoms with Crippen LogP contribution in [0.2, 0.25) is 0 Å². The van der Waals surface area contributed by atoms with Crippen molar-refractivity contribution in [1.29, 1.82) is 0 Å². The van der Waals surface area contributed by atoms with Crippen molar-refractivity contribution in [3.8, 4) is 16.9 Å². The van der Waals surface area contributed by atoms with Gasteiger partial charge in [-0.05, 0) is 23.3 Å². The van der Waals surface area contributed by atoms with Crippen molar-refractivity contribution in [3.63, 3.8) is 0 Å². The first kappa shape index (κ1) is 17.1. The third-order valence-corrected chi connectivity index (χ3v) is 2.64. The van der Waals surface area contributed by atoms with E-state index < -0.39 is 0 Å². The van der Waals surface area contributed by atoms with Crippen LogP contribution in [0.15, 0.2) is 91.0 Å². The molecule has 3 aromatic rings. The molecule has 0 amide bonds. The molecule has 96 valence electrons. The molecule has 0 aliphatic heterocycles. The van der Waals surface area contributed by atoms with E-state index in [1.807, 2.05) is 18.2 Å². The first-order valence-corrected chi connectivity index (χ1v) is 6.21. The van der Waals surface area contributed by atoms with Crippen molar-refractivity contribution in [1.82, 2.24) is 0 Å². The van der Waals surface area contributed by atoms with Gasteiger partial charge in [0, 0.05) is 0 Å². The smallest absolute Gasteiger partial charge is 0.0184 e. The Hall–Kier alpha value is -0.904. The van der Waals surface area contributed by atoms with Gasteiger partial charge in [-0.2, -0.15) is 0 Å². The van der Waals surface area contributed by atoms with Crippen molar-refractivity contribution < 1.29 is 5.11 Å². The molecule has 0 radical (unpaired) electrons. The molecule has 0 saturated carbocycles. The molecule has 3 aromatic carbocycles. The fourth-order valence-electron chi connectivity index (χ4n) is 1.69. The van der Waals surface area contributed by atoms with Crippen LogP contribution in [0.1, 0.15) is 0 Å². The van der Waals surface area contributed by atoms with E-state index in [-0.39, 0.29) is 51.4 Å². The molecule has 0 aliphatic rings. The summed E-state index contributed by atoms with van der Waals surface area (Å²) in [6.07, 6.45) is 0. The summed E-state index contributed by atoms with van der Waals surface area (Å²) in [6, 6.07) is 29.5. The topological polar surface area (TPSA) is 20.2 Å². The minimum absolute atomic E-state index is 0. The molecule has 0 unspecified atom stereocenters. The van der Waals surface area contributed by atoms with Crippen LogP contribution >= 0.6 is 0 Å². The maximum absolute atomic E-state index is 8.63. The number of rotatable bonds is 1. The zero-order valence-corrected chi connectivity index (χ0v) is 10.6. The van der Waals surface area contributed by atoms with Crippen LogP contribution in [0, 0.1) is 0 Å². The molecule has 20 heavy (non-hydrogen) atoms. The average Bonchev–Trinajstić information content (AvgIpc) is 2.51. The second-order valence-electron chi connectivity index (χ2n) is 4.07. The molecule has 0 spiro atoms. The Morgan fingerprint density at radius 2 is 0.750 bits per heavy atom. The van der Waals surface area contributed by atoms with Crippen LogP contribution in [0.3, 0.4) is 0 Å². The molecule has 0 aromatic heterocycles. The van der Waals surface area contributed by atoms with Gasteiger partial charge in [0.1, 0.15) is 5.75 Å². The zero-order chi connectivity index (χ0) is 13.3. The summed E-state index contributed by atoms with van der Waals surface area (Å²) in [5, 5.41) is 8.63. The zero-order valence-electron chi connectivity index (χ0n) is 10.6. The van der Waals surface area contributed by atoms with E-state index in [0.717, 1.165) is 0 Å². The van der Waals surface area contributed by atoms with E-state index in [1.54, 1.807) is 24.3 Å². The van der Waals surface area contributed by atoms with Gasteiger partial charge in [-0.15, -0.1) is 0 Å². The number of aromatic hydroxyl groups is 1. The van der Waals surface area contributed by atoms with Crippen LogP contribution in [0.5, 0.6) is 5.75 Å². The van der Waals surface area contributed by atoms with Crippen molar-refractivity contribution in [2.75, 3.05) is 0 Å². The minimum Gasteiger partial charge on any atom is -0.0622 e. The summed E-state index contributed by atoms with van der Waals surface area (Å²) < 4.78 is 0. The minimum atomic E-state index is 0. The number of phenols is 1. The fourth-order valence-corrected chi connectivity index (χ4v) is 1.69. The Morgan fingerprint density at radius 1 is 0.450 bits per heavy atom. The molecule has 1 nitrogen and oxygen atoms in total. The average molecular weight is 288 g/mol. The molecular weight excluding hydrogens is 271 g/mol. The van der Waals surface area contributed by atoms with E-state index in [1.165, 1.54) is 11.1 Å². The van der Waals surface area contributed by atoms with Crippen LogP contribution in [0.25, 0.3) is 11.1 Å². The van der Waals surface area contributed by atoms with Crippen molar-refractivity contribution >= 4 is 51.4 Å². The summed E-state index contributed by atoms with van der Waals surface area (Å²) >= 11 is 0. The van der Waals surface area contributed by atoms with E-state index >= 15 is 0 Å². The van der Waals surface area contributed by atoms with Gasteiger partial charge in [-0.25, -0.2) is 0 Å². The fraction of sp³-hybridized carbons (Fsp3) is 0. The summed E-state index contributed by atoms with van der Waals surface area (Å²) in [4.78, 5) is 0. The number of benzene rings is 3. The van der Waals surface area contributed by atoms with Crippen molar-refractivity contribution in [2.45, 2.75) is 0 Å². The molecule has 2 heteroatoms. The maximum Gasteiger partial charge on any atom is -0.0184 e. The quantitative estimate of drug-likeness (QED) is 0.668. The Balaban J connectivity index is 0.000000216. The van der Waals surface area contributed by atoms with Gasteiger partial charge in [0.15, 0.2) is 0 Å². The molecule has 0 bridgehead atoms. The first-order chi connectivity index (χ1) is 9.36. The van der Waals surface area contributed by atoms with Gasteiger partial charge in [0.2, 0.25) is 0 Å². The largest absolute Gasteiger partial charge is 0.0622 e. The van der Waals surface area contributed by atoms with Gasteiger partial charge in [0.05, 0.1) is 0 Å². The number of hydrogen-bond acceptors (Lipinski definition) is 1. The maximum atomic E-state index is 8.63. The van der Waals surface area contributed by atoms with Crippen molar-refractivity contribution in [3.05, 3.63) is 91.0 Å². The number of hydrogen-bond donors (Lipinski definition) is 1. The summed E-state index contributed by atoms with van der Waals surface area (Å²) in [5.41, 5.74) is 2.55. The van der Waals surface area contributed by atoms with Crippen LogP contribution < -0.4 is 0 Å². The molecule has 0 fully saturated rings. The first-order valence-electron chi connectivity index (χ1n) is 6.21. The van der Waals surface area contributed by atoms with Crippen LogP contribution in [-0.4, -0.2) is 56.5 Å². The van der Waals surface area contributed by atoms with E-state index in [2.05, 4.69) is 48.5 Å². The van der Waals surface area contributed by atoms with Gasteiger partial charge in [-0.3, -0.25) is 0 Å². The van der Waals surface area contributed by atoms with Crippen molar-refractivity contribution in [2.24, 2.45) is 0 Å². The second-order valence-corrected chi connectivity index (χ2v) is 4.07. The normalized spacial score (nSPS) is 8.80. The Labute approximate surface area is 162 Å². The van der Waals surface area contributed by atoms with Crippen LogP contribution in [-0.2, 0) is 0 Å². The van der Waals surface area contributed by atoms with Gasteiger partial charge in [-0.1, -0.05) is 78.9 Å². The molecule has 1 N–H and O–H groups in total. The molecule has 3 rings (SSSR count). The third kappa shape index (κ3) is 6.03. The molecule has 0 aliphatic carbocycles. The number of phenolic OH excluding ortho intramolecular Hbond substituents is 1. The predicted molar refractivity (Wildman–Crippen MR) is 87.1 cm³/mol. The summed E-state index contributed by atoms with van der Waals surface area (Å²) in [6.45, 7) is 0. The summed E-state index contributed by atoms with van der Waals surface area (Å²) in [5.74, 6) is 0.322. The number of para-hydroxylation sites is 1. The second kappa shape index (κ2) is 9.92. The SMILES string of the molecule is Oc1ccccc1.[KH].c1ccc(-c2ccccc2)cc1. The molecule has 0 atom stereocenters. The summed E-state index contributed by atoms with van der Waals surface area (Å²) in [7, 11) is 0. The van der Waals surface area contributed by atoms with Gasteiger partial charge < -0.3 is 5.11 Å². The van der Waals surface area contributed by atoms with Gasteiger partial charge >= 0.3 is 51.4 Å². The Kier molecular flexibility index (Phi) is 8.50. The third-order valence-electron chi connectivity index (χ3n) is 2.64. The molecule has 0 heterocycles. The molecular formula is C18H17KO. The van der Waals surface area contributed by atoms with Gasteiger partial charge in [0.25, 0.3) is 0 Å². The Morgan fingerprint density at radius 3 is 1.00 bits per heavy atom. The predicted octanol–water partition coefficient (Wildman–Crippen LogP) is 4.10. The monoisotopic (exact) mass is 288 g/mol.